The van der Waals surface area contributed by atoms with Gasteiger partial charge in [0.25, 0.3) is 5.91 Å². The van der Waals surface area contributed by atoms with Gasteiger partial charge in [0.15, 0.2) is 5.69 Å². The molecular formula is C15H13N5O3S. The number of methoxy groups -OCH3 is 1. The van der Waals surface area contributed by atoms with Crippen LogP contribution in [-0.4, -0.2) is 33.0 Å². The number of aromatic nitrogens is 4. The maximum absolute atomic E-state index is 12.3. The Morgan fingerprint density at radius 1 is 1.21 bits per heavy atom. The zero-order valence-corrected chi connectivity index (χ0v) is 13.7. The highest BCUT2D eigenvalue weighted by Crippen LogP contribution is 2.15. The van der Waals surface area contributed by atoms with Crippen molar-refractivity contribution >= 4 is 22.4 Å². The number of carbonyl (C=O) groups excluding carboxylic acids is 1. The Kier molecular flexibility index (Phi) is 4.34. The highest BCUT2D eigenvalue weighted by atomic mass is 32.1. The number of aryl methyl sites for hydroxylation is 1. The average Bonchev–Trinajstić information content (AvgIpc) is 3.00. The molecule has 0 unspecified atom stereocenters. The molecule has 0 atom stereocenters. The second kappa shape index (κ2) is 6.59. The van der Waals surface area contributed by atoms with Crippen molar-refractivity contribution in [3.63, 3.8) is 0 Å². The van der Waals surface area contributed by atoms with Gasteiger partial charge in [0.2, 0.25) is 10.6 Å². The monoisotopic (exact) mass is 343 g/mol. The van der Waals surface area contributed by atoms with E-state index in [1.807, 2.05) is 0 Å². The third-order valence-electron chi connectivity index (χ3n) is 3.11. The molecule has 122 valence electrons. The molecule has 0 saturated carbocycles. The van der Waals surface area contributed by atoms with Gasteiger partial charge in [-0.2, -0.15) is 5.10 Å². The number of benzene rings is 1. The quantitative estimate of drug-likeness (QED) is 0.773. The minimum absolute atomic E-state index is 0.221. The third kappa shape index (κ3) is 3.30. The standard InChI is InChI=1S/C15H13N5O3S/c1-9-17-18-15(24-9)16-14(22)13-12(21)7-8-20(19-13)10-3-5-11(23-2)6-4-10/h3-8H,1-2H3,(H,16,18,22). The van der Waals surface area contributed by atoms with Crippen molar-refractivity contribution in [2.75, 3.05) is 12.4 Å². The molecule has 0 spiro atoms. The van der Waals surface area contributed by atoms with Crippen LogP contribution < -0.4 is 15.5 Å². The first-order chi connectivity index (χ1) is 11.6. The summed E-state index contributed by atoms with van der Waals surface area (Å²) >= 11 is 1.22. The molecule has 2 heterocycles. The van der Waals surface area contributed by atoms with Crippen LogP contribution in [0.3, 0.4) is 0 Å². The Balaban J connectivity index is 1.90. The van der Waals surface area contributed by atoms with Crippen LogP contribution in [0, 0.1) is 6.92 Å². The van der Waals surface area contributed by atoms with E-state index in [-0.39, 0.29) is 5.69 Å². The number of hydrogen-bond donors (Lipinski definition) is 1. The molecular weight excluding hydrogens is 330 g/mol. The van der Waals surface area contributed by atoms with E-state index in [9.17, 15) is 9.59 Å². The maximum atomic E-state index is 12.3. The average molecular weight is 343 g/mol. The first kappa shape index (κ1) is 15.8. The summed E-state index contributed by atoms with van der Waals surface area (Å²) in [5.41, 5.74) is -0.00344. The molecule has 0 aliphatic carbocycles. The van der Waals surface area contributed by atoms with Gasteiger partial charge in [-0.05, 0) is 31.2 Å². The van der Waals surface area contributed by atoms with E-state index in [0.717, 1.165) is 0 Å². The second-order valence-corrected chi connectivity index (χ2v) is 5.93. The van der Waals surface area contributed by atoms with Gasteiger partial charge in [-0.1, -0.05) is 11.3 Å². The van der Waals surface area contributed by atoms with Gasteiger partial charge in [-0.15, -0.1) is 10.2 Å². The molecule has 0 radical (unpaired) electrons. The number of rotatable bonds is 4. The Morgan fingerprint density at radius 3 is 2.58 bits per heavy atom. The van der Waals surface area contributed by atoms with Crippen molar-refractivity contribution in [2.24, 2.45) is 0 Å². The molecule has 0 saturated heterocycles. The molecule has 2 aromatic heterocycles. The Labute approximate surface area is 140 Å². The first-order valence-corrected chi connectivity index (χ1v) is 7.74. The van der Waals surface area contributed by atoms with Crippen molar-refractivity contribution in [1.82, 2.24) is 20.0 Å². The Bertz CT molecular complexity index is 933. The van der Waals surface area contributed by atoms with Gasteiger partial charge in [0, 0.05) is 12.3 Å². The van der Waals surface area contributed by atoms with Crippen LogP contribution >= 0.6 is 11.3 Å². The zero-order chi connectivity index (χ0) is 17.1. The number of nitrogens with zero attached hydrogens (tertiary/aromatic N) is 4. The van der Waals surface area contributed by atoms with Crippen LogP contribution in [0.25, 0.3) is 5.69 Å². The molecule has 1 aromatic carbocycles. The summed E-state index contributed by atoms with van der Waals surface area (Å²) in [5, 5.41) is 15.3. The van der Waals surface area contributed by atoms with Crippen LogP contribution in [0.5, 0.6) is 5.75 Å². The lowest BCUT2D eigenvalue weighted by Gasteiger charge is -2.08. The summed E-state index contributed by atoms with van der Waals surface area (Å²) in [4.78, 5) is 24.2. The second-order valence-electron chi connectivity index (χ2n) is 4.75. The summed E-state index contributed by atoms with van der Waals surface area (Å²) in [6, 6.07) is 8.35. The van der Waals surface area contributed by atoms with E-state index in [1.54, 1.807) is 38.3 Å². The number of anilines is 1. The van der Waals surface area contributed by atoms with Crippen LogP contribution in [-0.2, 0) is 0 Å². The minimum atomic E-state index is -0.626. The summed E-state index contributed by atoms with van der Waals surface area (Å²) in [7, 11) is 1.57. The number of carbonyl (C=O) groups is 1. The summed E-state index contributed by atoms with van der Waals surface area (Å²) in [6.07, 6.45) is 1.50. The molecule has 8 nitrogen and oxygen atoms in total. The molecule has 0 fully saturated rings. The summed E-state index contributed by atoms with van der Waals surface area (Å²) in [5.74, 6) is 0.0726. The van der Waals surface area contributed by atoms with Gasteiger partial charge in [-0.3, -0.25) is 14.9 Å². The number of hydrogen-bond acceptors (Lipinski definition) is 7. The van der Waals surface area contributed by atoms with Crippen molar-refractivity contribution in [2.45, 2.75) is 6.92 Å². The van der Waals surface area contributed by atoms with Crippen molar-refractivity contribution < 1.29 is 9.53 Å². The number of amides is 1. The molecule has 0 aliphatic rings. The predicted octanol–water partition coefficient (Wildman–Crippen LogP) is 1.65. The molecule has 3 aromatic rings. The van der Waals surface area contributed by atoms with Crippen LogP contribution in [0.1, 0.15) is 15.5 Å². The number of nitrogens with one attached hydrogen (secondary N) is 1. The topological polar surface area (TPSA) is 99.0 Å². The highest BCUT2D eigenvalue weighted by Gasteiger charge is 2.15. The normalized spacial score (nSPS) is 10.4. The fraction of sp³-hybridized carbons (Fsp3) is 0.133. The summed E-state index contributed by atoms with van der Waals surface area (Å²) in [6.45, 7) is 1.77. The van der Waals surface area contributed by atoms with Gasteiger partial charge in [-0.25, -0.2) is 4.68 Å². The molecule has 9 heteroatoms. The fourth-order valence-electron chi connectivity index (χ4n) is 1.95. The van der Waals surface area contributed by atoms with Crippen molar-refractivity contribution in [3.05, 3.63) is 57.5 Å². The molecule has 0 bridgehead atoms. The molecule has 1 amide bonds. The van der Waals surface area contributed by atoms with Crippen LogP contribution in [0.15, 0.2) is 41.3 Å². The third-order valence-corrected chi connectivity index (χ3v) is 3.86. The summed E-state index contributed by atoms with van der Waals surface area (Å²) < 4.78 is 6.54. The Morgan fingerprint density at radius 2 is 1.96 bits per heavy atom. The lowest BCUT2D eigenvalue weighted by atomic mass is 10.3. The first-order valence-electron chi connectivity index (χ1n) is 6.92. The van der Waals surface area contributed by atoms with Crippen molar-refractivity contribution in [1.29, 1.82) is 0 Å². The predicted molar refractivity (Wildman–Crippen MR) is 89.0 cm³/mol. The van der Waals surface area contributed by atoms with E-state index in [2.05, 4.69) is 20.6 Å². The van der Waals surface area contributed by atoms with Gasteiger partial charge in [0.1, 0.15) is 10.8 Å². The van der Waals surface area contributed by atoms with E-state index in [4.69, 9.17) is 4.74 Å². The van der Waals surface area contributed by atoms with E-state index < -0.39 is 11.3 Å². The SMILES string of the molecule is COc1ccc(-n2ccc(=O)c(C(=O)Nc3nnc(C)s3)n2)cc1. The molecule has 0 aliphatic heterocycles. The maximum Gasteiger partial charge on any atom is 0.282 e. The molecule has 3 rings (SSSR count). The minimum Gasteiger partial charge on any atom is -0.497 e. The molecule has 24 heavy (non-hydrogen) atoms. The van der Waals surface area contributed by atoms with E-state index in [1.165, 1.54) is 28.3 Å². The van der Waals surface area contributed by atoms with Gasteiger partial charge in [0.05, 0.1) is 12.8 Å². The largest absolute Gasteiger partial charge is 0.497 e. The van der Waals surface area contributed by atoms with Gasteiger partial charge < -0.3 is 4.74 Å². The number of ether oxygens (including phenoxy) is 1. The van der Waals surface area contributed by atoms with Crippen LogP contribution in [0.2, 0.25) is 0 Å². The molecule has 1 N–H and O–H groups in total. The van der Waals surface area contributed by atoms with Gasteiger partial charge >= 0.3 is 0 Å². The smallest absolute Gasteiger partial charge is 0.282 e. The fourth-order valence-corrected chi connectivity index (χ4v) is 2.53. The Hall–Kier alpha value is -3.07. The highest BCUT2D eigenvalue weighted by molar-refractivity contribution is 7.15. The van der Waals surface area contributed by atoms with Crippen LogP contribution in [0.4, 0.5) is 5.13 Å². The lowest BCUT2D eigenvalue weighted by Crippen LogP contribution is -2.25. The zero-order valence-electron chi connectivity index (χ0n) is 12.9. The lowest BCUT2D eigenvalue weighted by molar-refractivity contribution is 0.101. The van der Waals surface area contributed by atoms with E-state index in [0.29, 0.717) is 21.6 Å². The van der Waals surface area contributed by atoms with E-state index >= 15 is 0 Å². The van der Waals surface area contributed by atoms with Crippen molar-refractivity contribution in [3.8, 4) is 11.4 Å².